The van der Waals surface area contributed by atoms with Gasteiger partial charge in [-0.3, -0.25) is 0 Å². The number of rotatable bonds is 5. The van der Waals surface area contributed by atoms with Crippen LogP contribution in [0.4, 0.5) is 0 Å². The number of halogens is 1. The molecule has 1 aliphatic heterocycles. The highest BCUT2D eigenvalue weighted by molar-refractivity contribution is 6.31. The van der Waals surface area contributed by atoms with Gasteiger partial charge in [-0.05, 0) is 47.5 Å². The lowest BCUT2D eigenvalue weighted by molar-refractivity contribution is -0.129. The van der Waals surface area contributed by atoms with Gasteiger partial charge in [0, 0.05) is 10.6 Å². The third-order valence-corrected chi connectivity index (χ3v) is 4.36. The second kappa shape index (κ2) is 8.11. The minimum absolute atomic E-state index is 0.243. The Balaban J connectivity index is 1.47. The van der Waals surface area contributed by atoms with Gasteiger partial charge >= 0.3 is 5.97 Å². The van der Waals surface area contributed by atoms with Crippen LogP contribution in [0, 0.1) is 0 Å². The Morgan fingerprint density at radius 1 is 0.964 bits per heavy atom. The molecular formula is C23H16ClNO3. The van der Waals surface area contributed by atoms with E-state index in [2.05, 4.69) is 4.99 Å². The smallest absolute Gasteiger partial charge is 0.363 e. The van der Waals surface area contributed by atoms with Crippen molar-refractivity contribution in [2.75, 3.05) is 0 Å². The van der Waals surface area contributed by atoms with Gasteiger partial charge in [0.2, 0.25) is 5.90 Å². The average Bonchev–Trinajstić information content (AvgIpc) is 3.09. The summed E-state index contributed by atoms with van der Waals surface area (Å²) in [6.07, 6.45) is 1.68. The summed E-state index contributed by atoms with van der Waals surface area (Å²) < 4.78 is 11.0. The molecule has 5 heteroatoms. The molecule has 138 valence electrons. The highest BCUT2D eigenvalue weighted by Gasteiger charge is 2.24. The molecule has 28 heavy (non-hydrogen) atoms. The number of nitrogens with zero attached hydrogens (tertiary/aromatic N) is 1. The number of hydrogen-bond acceptors (Lipinski definition) is 4. The third kappa shape index (κ3) is 4.30. The minimum atomic E-state index is -0.487. The molecule has 0 radical (unpaired) electrons. The summed E-state index contributed by atoms with van der Waals surface area (Å²) in [4.78, 5) is 16.4. The maximum Gasteiger partial charge on any atom is 0.363 e. The van der Waals surface area contributed by atoms with Gasteiger partial charge in [0.25, 0.3) is 0 Å². The first-order valence-electron chi connectivity index (χ1n) is 8.73. The van der Waals surface area contributed by atoms with Crippen LogP contribution in [0.2, 0.25) is 5.02 Å². The van der Waals surface area contributed by atoms with E-state index in [9.17, 15) is 4.79 Å². The van der Waals surface area contributed by atoms with Crippen LogP contribution in [0.25, 0.3) is 6.08 Å². The number of esters is 1. The SMILES string of the molecule is O=C1OC(c2cccc(Cl)c2)=N/C1=C/c1ccc(OCc2ccccc2)cc1. The largest absolute Gasteiger partial charge is 0.489 e. The molecule has 4 rings (SSSR count). The van der Waals surface area contributed by atoms with Gasteiger partial charge in [0.1, 0.15) is 12.4 Å². The van der Waals surface area contributed by atoms with E-state index >= 15 is 0 Å². The molecule has 0 aliphatic carbocycles. The first-order valence-corrected chi connectivity index (χ1v) is 9.10. The van der Waals surface area contributed by atoms with Crippen LogP contribution in [-0.2, 0) is 16.1 Å². The molecule has 4 nitrogen and oxygen atoms in total. The zero-order chi connectivity index (χ0) is 19.3. The number of cyclic esters (lactones) is 1. The van der Waals surface area contributed by atoms with Crippen molar-refractivity contribution in [2.45, 2.75) is 6.61 Å². The highest BCUT2D eigenvalue weighted by Crippen LogP contribution is 2.22. The Bertz CT molecular complexity index is 1060. The van der Waals surface area contributed by atoms with Crippen molar-refractivity contribution in [1.29, 1.82) is 0 Å². The van der Waals surface area contributed by atoms with Crippen molar-refractivity contribution in [3.05, 3.63) is 106 Å². The first-order chi connectivity index (χ1) is 13.7. The van der Waals surface area contributed by atoms with Crippen LogP contribution in [0.3, 0.4) is 0 Å². The predicted molar refractivity (Wildman–Crippen MR) is 109 cm³/mol. The number of ether oxygens (including phenoxy) is 2. The van der Waals surface area contributed by atoms with Crippen molar-refractivity contribution in [1.82, 2.24) is 0 Å². The van der Waals surface area contributed by atoms with E-state index in [-0.39, 0.29) is 11.6 Å². The molecular weight excluding hydrogens is 374 g/mol. The van der Waals surface area contributed by atoms with Crippen LogP contribution in [0.15, 0.2) is 89.6 Å². The summed E-state index contributed by atoms with van der Waals surface area (Å²) in [6.45, 7) is 0.501. The molecule has 0 unspecified atom stereocenters. The Kier molecular flexibility index (Phi) is 5.22. The monoisotopic (exact) mass is 389 g/mol. The summed E-state index contributed by atoms with van der Waals surface area (Å²) in [5, 5.41) is 0.555. The number of hydrogen-bond donors (Lipinski definition) is 0. The zero-order valence-corrected chi connectivity index (χ0v) is 15.6. The molecule has 0 fully saturated rings. The number of benzene rings is 3. The molecule has 0 spiro atoms. The van der Waals surface area contributed by atoms with Gasteiger partial charge in [-0.25, -0.2) is 9.79 Å². The summed E-state index contributed by atoms with van der Waals surface area (Å²) in [5.41, 5.74) is 2.84. The molecule has 0 N–H and O–H groups in total. The van der Waals surface area contributed by atoms with Gasteiger partial charge < -0.3 is 9.47 Å². The zero-order valence-electron chi connectivity index (χ0n) is 14.8. The van der Waals surface area contributed by atoms with E-state index in [1.807, 2.05) is 54.6 Å². The molecule has 1 heterocycles. The fourth-order valence-corrected chi connectivity index (χ4v) is 2.90. The lowest BCUT2D eigenvalue weighted by Gasteiger charge is -2.06. The first kappa shape index (κ1) is 18.0. The maximum absolute atomic E-state index is 12.1. The van der Waals surface area contributed by atoms with E-state index in [1.165, 1.54) is 0 Å². The summed E-state index contributed by atoms with van der Waals surface area (Å²) in [5.74, 6) is 0.518. The van der Waals surface area contributed by atoms with Crippen LogP contribution in [-0.4, -0.2) is 11.9 Å². The van der Waals surface area contributed by atoms with Gasteiger partial charge in [0.15, 0.2) is 5.70 Å². The second-order valence-corrected chi connectivity index (χ2v) is 6.63. The molecule has 0 aromatic heterocycles. The van der Waals surface area contributed by atoms with E-state index < -0.39 is 5.97 Å². The molecule has 3 aromatic rings. The van der Waals surface area contributed by atoms with Gasteiger partial charge in [-0.15, -0.1) is 0 Å². The van der Waals surface area contributed by atoms with Crippen molar-refractivity contribution in [2.24, 2.45) is 4.99 Å². The van der Waals surface area contributed by atoms with Crippen molar-refractivity contribution in [3.63, 3.8) is 0 Å². The Morgan fingerprint density at radius 2 is 1.75 bits per heavy atom. The predicted octanol–water partition coefficient (Wildman–Crippen LogP) is 5.26. The lowest BCUT2D eigenvalue weighted by atomic mass is 10.2. The quantitative estimate of drug-likeness (QED) is 0.441. The van der Waals surface area contributed by atoms with Gasteiger partial charge in [0.05, 0.1) is 0 Å². The summed E-state index contributed by atoms with van der Waals surface area (Å²) >= 11 is 5.98. The molecule has 1 aliphatic rings. The Hall–Kier alpha value is -3.37. The van der Waals surface area contributed by atoms with E-state index in [0.29, 0.717) is 17.2 Å². The number of aliphatic imine (C=N–C) groups is 1. The molecule has 3 aromatic carbocycles. The fraction of sp³-hybridized carbons (Fsp3) is 0.0435. The van der Waals surface area contributed by atoms with E-state index in [0.717, 1.165) is 16.9 Å². The van der Waals surface area contributed by atoms with Crippen LogP contribution in [0.5, 0.6) is 5.75 Å². The van der Waals surface area contributed by atoms with Crippen molar-refractivity contribution < 1.29 is 14.3 Å². The van der Waals surface area contributed by atoms with Crippen molar-refractivity contribution in [3.8, 4) is 5.75 Å². The van der Waals surface area contributed by atoms with Gasteiger partial charge in [-0.1, -0.05) is 60.1 Å². The number of carbonyl (C=O) groups is 1. The van der Waals surface area contributed by atoms with Crippen LogP contribution < -0.4 is 4.74 Å². The molecule has 0 saturated carbocycles. The molecule has 0 atom stereocenters. The number of carbonyl (C=O) groups excluding carboxylic acids is 1. The van der Waals surface area contributed by atoms with E-state index in [4.69, 9.17) is 21.1 Å². The minimum Gasteiger partial charge on any atom is -0.489 e. The van der Waals surface area contributed by atoms with Gasteiger partial charge in [-0.2, -0.15) is 0 Å². The van der Waals surface area contributed by atoms with E-state index in [1.54, 1.807) is 30.3 Å². The molecule has 0 amide bonds. The standard InChI is InChI=1S/C23H16ClNO3/c24-19-8-4-7-18(14-19)22-25-21(23(26)28-22)13-16-9-11-20(12-10-16)27-15-17-5-2-1-3-6-17/h1-14H,15H2/b21-13+. The molecule has 0 saturated heterocycles. The topological polar surface area (TPSA) is 47.9 Å². The Labute approximate surface area is 167 Å². The van der Waals surface area contributed by atoms with Crippen molar-refractivity contribution >= 4 is 29.5 Å². The van der Waals surface area contributed by atoms with Crippen LogP contribution in [0.1, 0.15) is 16.7 Å². The highest BCUT2D eigenvalue weighted by atomic mass is 35.5. The average molecular weight is 390 g/mol. The third-order valence-electron chi connectivity index (χ3n) is 4.12. The summed E-state index contributed by atoms with van der Waals surface area (Å²) in [7, 11) is 0. The second-order valence-electron chi connectivity index (χ2n) is 6.19. The fourth-order valence-electron chi connectivity index (χ4n) is 2.71. The Morgan fingerprint density at radius 3 is 2.50 bits per heavy atom. The summed E-state index contributed by atoms with van der Waals surface area (Å²) in [6, 6.07) is 24.4. The lowest BCUT2D eigenvalue weighted by Crippen LogP contribution is -2.05. The van der Waals surface area contributed by atoms with Crippen LogP contribution >= 0.6 is 11.6 Å². The molecule has 0 bridgehead atoms. The normalized spacial score (nSPS) is 14.7. The maximum atomic E-state index is 12.1.